The van der Waals surface area contributed by atoms with Gasteiger partial charge in [0.25, 0.3) is 11.8 Å². The number of amides is 2. The maximum Gasteiger partial charge on any atom is 0.425 e. The van der Waals surface area contributed by atoms with E-state index < -0.39 is 46.4 Å². The Balaban J connectivity index is 1.84. The van der Waals surface area contributed by atoms with Crippen molar-refractivity contribution < 1.29 is 32.3 Å². The SMILES string of the molecule is CC1(C)CC(=O)C2=C(C1)N(C[C@@H]1CCCO1)C(=O)[C@@]2(NC(=O)c1cccnc1)C(F)(F)F. The van der Waals surface area contributed by atoms with Crippen LogP contribution in [0.25, 0.3) is 0 Å². The number of ketones is 1. The Morgan fingerprint density at radius 2 is 2.06 bits per heavy atom. The average Bonchev–Trinajstić information content (AvgIpc) is 3.29. The fourth-order valence-corrected chi connectivity index (χ4v) is 4.75. The number of carbonyl (C=O) groups is 3. The second kappa shape index (κ2) is 7.68. The Morgan fingerprint density at radius 3 is 2.66 bits per heavy atom. The quantitative estimate of drug-likeness (QED) is 0.761. The second-order valence-electron chi connectivity index (χ2n) is 9.26. The van der Waals surface area contributed by atoms with Gasteiger partial charge >= 0.3 is 6.18 Å². The molecule has 1 aromatic heterocycles. The molecule has 32 heavy (non-hydrogen) atoms. The summed E-state index contributed by atoms with van der Waals surface area (Å²) in [5.41, 5.74) is -4.87. The largest absolute Gasteiger partial charge is 0.425 e. The van der Waals surface area contributed by atoms with Crippen molar-refractivity contribution in [3.05, 3.63) is 41.4 Å². The Labute approximate surface area is 183 Å². The molecule has 0 unspecified atom stereocenters. The van der Waals surface area contributed by atoms with Gasteiger partial charge in [-0.05, 0) is 36.8 Å². The highest BCUT2D eigenvalue weighted by atomic mass is 19.4. The van der Waals surface area contributed by atoms with E-state index in [2.05, 4.69) is 4.98 Å². The lowest BCUT2D eigenvalue weighted by Crippen LogP contribution is -2.66. The Hall–Kier alpha value is -2.75. The molecule has 4 rings (SSSR count). The number of hydrogen-bond acceptors (Lipinski definition) is 5. The highest BCUT2D eigenvalue weighted by Gasteiger charge is 2.71. The van der Waals surface area contributed by atoms with E-state index >= 15 is 0 Å². The minimum atomic E-state index is -5.23. The van der Waals surface area contributed by atoms with Crippen LogP contribution in [-0.2, 0) is 14.3 Å². The first-order valence-electron chi connectivity index (χ1n) is 10.5. The first kappa shape index (κ1) is 22.4. The lowest BCUT2D eigenvalue weighted by molar-refractivity contribution is -0.191. The van der Waals surface area contributed by atoms with Crippen LogP contribution in [0.2, 0.25) is 0 Å². The molecule has 7 nitrogen and oxygen atoms in total. The van der Waals surface area contributed by atoms with Gasteiger partial charge in [0.2, 0.25) is 5.54 Å². The highest BCUT2D eigenvalue weighted by Crippen LogP contribution is 2.52. The van der Waals surface area contributed by atoms with Crippen LogP contribution in [0.1, 0.15) is 49.9 Å². The van der Waals surface area contributed by atoms with Gasteiger partial charge in [-0.1, -0.05) is 13.8 Å². The third kappa shape index (κ3) is 3.60. The van der Waals surface area contributed by atoms with Gasteiger partial charge in [0.1, 0.15) is 0 Å². The Morgan fingerprint density at radius 1 is 1.31 bits per heavy atom. The van der Waals surface area contributed by atoms with E-state index in [9.17, 15) is 27.6 Å². The van der Waals surface area contributed by atoms with Crippen LogP contribution in [0.15, 0.2) is 35.8 Å². The number of ether oxygens (including phenoxy) is 1. The van der Waals surface area contributed by atoms with Crippen molar-refractivity contribution in [1.82, 2.24) is 15.2 Å². The van der Waals surface area contributed by atoms with Crippen LogP contribution in [0, 0.1) is 5.41 Å². The van der Waals surface area contributed by atoms with Gasteiger partial charge in [-0.15, -0.1) is 0 Å². The fourth-order valence-electron chi connectivity index (χ4n) is 4.75. The van der Waals surface area contributed by atoms with Crippen molar-refractivity contribution in [2.75, 3.05) is 13.2 Å². The number of hydrogen-bond donors (Lipinski definition) is 1. The predicted octanol–water partition coefficient (Wildman–Crippen LogP) is 2.78. The summed E-state index contributed by atoms with van der Waals surface area (Å²) in [5, 5.41) is 1.90. The van der Waals surface area contributed by atoms with Crippen molar-refractivity contribution in [2.45, 2.75) is 57.3 Å². The van der Waals surface area contributed by atoms with Crippen molar-refractivity contribution >= 4 is 17.6 Å². The Bertz CT molecular complexity index is 984. The zero-order valence-electron chi connectivity index (χ0n) is 17.8. The standard InChI is InChI=1S/C22H24F3N3O4/c1-20(2)9-15-17(16(29)10-20)21(22(23,24)25,27-18(30)13-5-3-7-26-11-13)19(31)28(15)12-14-6-4-8-32-14/h3,5,7,11,14H,4,6,8-10,12H2,1-2H3,(H,27,30)/t14-,21+/m0/s1. The summed E-state index contributed by atoms with van der Waals surface area (Å²) in [5.74, 6) is -3.29. The molecule has 1 fully saturated rings. The lowest BCUT2D eigenvalue weighted by atomic mass is 9.72. The van der Waals surface area contributed by atoms with Crippen LogP contribution >= 0.6 is 0 Å². The summed E-state index contributed by atoms with van der Waals surface area (Å²) in [6.07, 6.45) is -1.90. The van der Waals surface area contributed by atoms with Gasteiger partial charge in [-0.25, -0.2) is 0 Å². The number of nitrogens with one attached hydrogen (secondary N) is 1. The van der Waals surface area contributed by atoms with Crippen LogP contribution in [0.5, 0.6) is 0 Å². The maximum atomic E-state index is 14.7. The van der Waals surface area contributed by atoms with E-state index in [0.29, 0.717) is 13.0 Å². The van der Waals surface area contributed by atoms with Crippen molar-refractivity contribution in [1.29, 1.82) is 0 Å². The minimum Gasteiger partial charge on any atom is -0.376 e. The van der Waals surface area contributed by atoms with Gasteiger partial charge in [0.05, 0.1) is 23.8 Å². The molecule has 0 radical (unpaired) electrons. The number of carbonyl (C=O) groups excluding carboxylic acids is 3. The Kier molecular flexibility index (Phi) is 5.39. The summed E-state index contributed by atoms with van der Waals surface area (Å²) >= 11 is 0. The fraction of sp³-hybridized carbons (Fsp3) is 0.545. The van der Waals surface area contributed by atoms with E-state index in [4.69, 9.17) is 4.74 Å². The first-order chi connectivity index (χ1) is 15.0. The molecule has 2 aliphatic heterocycles. The molecule has 0 saturated carbocycles. The average molecular weight is 451 g/mol. The van der Waals surface area contributed by atoms with Crippen molar-refractivity contribution in [3.63, 3.8) is 0 Å². The zero-order valence-corrected chi connectivity index (χ0v) is 17.8. The molecule has 2 amide bonds. The summed E-state index contributed by atoms with van der Waals surface area (Å²) in [6.45, 7) is 3.91. The number of halogens is 3. The second-order valence-corrected chi connectivity index (χ2v) is 9.26. The third-order valence-electron chi connectivity index (χ3n) is 6.18. The van der Waals surface area contributed by atoms with Crippen molar-refractivity contribution in [3.8, 4) is 0 Å². The van der Waals surface area contributed by atoms with E-state index in [0.717, 1.165) is 17.5 Å². The van der Waals surface area contributed by atoms with E-state index in [1.165, 1.54) is 18.3 Å². The molecule has 1 aliphatic carbocycles. The summed E-state index contributed by atoms with van der Waals surface area (Å²) in [7, 11) is 0. The topological polar surface area (TPSA) is 88.6 Å². The number of alkyl halides is 3. The maximum absolute atomic E-state index is 14.7. The molecule has 3 heterocycles. The van der Waals surface area contributed by atoms with Crippen LogP contribution < -0.4 is 5.32 Å². The summed E-state index contributed by atoms with van der Waals surface area (Å²) in [4.78, 5) is 44.1. The number of aromatic nitrogens is 1. The minimum absolute atomic E-state index is 0.0237. The monoisotopic (exact) mass is 451 g/mol. The molecule has 10 heteroatoms. The molecule has 1 aromatic rings. The lowest BCUT2D eigenvalue weighted by Gasteiger charge is -2.35. The molecule has 172 valence electrons. The number of rotatable bonds is 4. The molecule has 0 aromatic carbocycles. The molecule has 2 atom stereocenters. The van der Waals surface area contributed by atoms with Gasteiger partial charge in [0.15, 0.2) is 5.78 Å². The summed E-state index contributed by atoms with van der Waals surface area (Å²) < 4.78 is 49.6. The smallest absolute Gasteiger partial charge is 0.376 e. The van der Waals surface area contributed by atoms with Gasteiger partial charge in [0, 0.05) is 31.1 Å². The van der Waals surface area contributed by atoms with Crippen molar-refractivity contribution in [2.24, 2.45) is 5.41 Å². The molecular weight excluding hydrogens is 427 g/mol. The molecule has 1 N–H and O–H groups in total. The number of pyridine rings is 1. The van der Waals surface area contributed by atoms with E-state index in [-0.39, 0.29) is 30.6 Å². The van der Waals surface area contributed by atoms with Gasteiger partial charge in [-0.3, -0.25) is 19.4 Å². The molecular formula is C22H24F3N3O4. The number of Topliss-reactive ketones (excluding diaryl/α,β-unsaturated/α-hetero) is 1. The molecule has 0 spiro atoms. The van der Waals surface area contributed by atoms with Crippen LogP contribution in [0.4, 0.5) is 13.2 Å². The molecule has 3 aliphatic rings. The van der Waals surface area contributed by atoms with E-state index in [1.807, 2.05) is 5.32 Å². The van der Waals surface area contributed by atoms with E-state index in [1.54, 1.807) is 13.8 Å². The third-order valence-corrected chi connectivity index (χ3v) is 6.18. The van der Waals surface area contributed by atoms with Gasteiger partial charge in [-0.2, -0.15) is 13.2 Å². The van der Waals surface area contributed by atoms with Crippen LogP contribution in [0.3, 0.4) is 0 Å². The highest BCUT2D eigenvalue weighted by molar-refractivity contribution is 6.14. The molecule has 0 bridgehead atoms. The summed E-state index contributed by atoms with van der Waals surface area (Å²) in [6, 6.07) is 2.69. The number of allylic oxidation sites excluding steroid dienone is 1. The normalized spacial score (nSPS) is 27.7. The number of nitrogens with zero attached hydrogens (tertiary/aromatic N) is 2. The molecule has 1 saturated heterocycles. The van der Waals surface area contributed by atoms with Gasteiger partial charge < -0.3 is 15.0 Å². The first-order valence-corrected chi connectivity index (χ1v) is 10.5. The predicted molar refractivity (Wildman–Crippen MR) is 106 cm³/mol. The van der Waals surface area contributed by atoms with Crippen LogP contribution in [-0.4, -0.2) is 58.5 Å². The zero-order chi connectivity index (χ0) is 23.3.